The minimum Gasteiger partial charge on any atom is -0.315 e. The summed E-state index contributed by atoms with van der Waals surface area (Å²) >= 11 is 6.43. The Kier molecular flexibility index (Phi) is 5.65. The summed E-state index contributed by atoms with van der Waals surface area (Å²) in [7, 11) is 0. The van der Waals surface area contributed by atoms with Crippen molar-refractivity contribution in [2.24, 2.45) is 0 Å². The van der Waals surface area contributed by atoms with Crippen LogP contribution in [0.3, 0.4) is 0 Å². The lowest BCUT2D eigenvalue weighted by molar-refractivity contribution is 0.0971. The number of hydrogen-bond acceptors (Lipinski definition) is 7. The third kappa shape index (κ3) is 3.88. The maximum Gasteiger partial charge on any atom is 0.259 e. The van der Waals surface area contributed by atoms with Gasteiger partial charge in [-0.1, -0.05) is 11.6 Å². The predicted molar refractivity (Wildman–Crippen MR) is 126 cm³/mol. The van der Waals surface area contributed by atoms with Crippen molar-refractivity contribution in [3.05, 3.63) is 71.0 Å². The van der Waals surface area contributed by atoms with E-state index in [2.05, 4.69) is 26.2 Å². The van der Waals surface area contributed by atoms with Gasteiger partial charge in [0.15, 0.2) is 11.6 Å². The molecule has 1 aromatic carbocycles. The lowest BCUT2D eigenvalue weighted by Crippen LogP contribution is -2.49. The summed E-state index contributed by atoms with van der Waals surface area (Å²) < 4.78 is 0. The average molecular weight is 450 g/mol. The fourth-order valence-electron chi connectivity index (χ4n) is 4.12. The summed E-state index contributed by atoms with van der Waals surface area (Å²) in [4.78, 5) is 24.3. The Bertz CT molecular complexity index is 1130. The van der Waals surface area contributed by atoms with Crippen LogP contribution in [0.4, 0.5) is 23.0 Å². The first-order chi connectivity index (χ1) is 15.6. The number of halogens is 1. The fraction of sp³-hybridized carbons (Fsp3) is 0.261. The van der Waals surface area contributed by atoms with Crippen LogP contribution in [-0.2, 0) is 0 Å². The highest BCUT2D eigenvalue weighted by Crippen LogP contribution is 2.33. The van der Waals surface area contributed by atoms with Crippen molar-refractivity contribution in [2.45, 2.75) is 25.8 Å². The Hall–Kier alpha value is -3.20. The molecule has 0 bridgehead atoms. The zero-order valence-corrected chi connectivity index (χ0v) is 18.4. The highest BCUT2D eigenvalue weighted by Gasteiger charge is 2.30. The number of nitrogens with zero attached hydrogens (tertiary/aromatic N) is 4. The van der Waals surface area contributed by atoms with E-state index in [9.17, 15) is 4.79 Å². The molecule has 0 aliphatic carbocycles. The van der Waals surface area contributed by atoms with E-state index in [-0.39, 0.29) is 11.9 Å². The van der Waals surface area contributed by atoms with Crippen LogP contribution >= 0.6 is 11.6 Å². The molecule has 0 unspecified atom stereocenters. The van der Waals surface area contributed by atoms with E-state index in [0.717, 1.165) is 42.1 Å². The molecule has 0 spiro atoms. The molecule has 4 heterocycles. The number of aryl methyl sites for hydroxylation is 1. The van der Waals surface area contributed by atoms with Crippen LogP contribution in [0, 0.1) is 6.92 Å². The maximum atomic E-state index is 13.6. The van der Waals surface area contributed by atoms with Gasteiger partial charge in [-0.2, -0.15) is 0 Å². The second-order valence-corrected chi connectivity index (χ2v) is 8.39. The number of piperidine rings is 1. The molecule has 1 saturated heterocycles. The van der Waals surface area contributed by atoms with E-state index >= 15 is 0 Å². The smallest absolute Gasteiger partial charge is 0.259 e. The van der Waals surface area contributed by atoms with Crippen LogP contribution in [0.2, 0.25) is 5.02 Å². The van der Waals surface area contributed by atoms with Gasteiger partial charge < -0.3 is 5.32 Å². The quantitative estimate of drug-likeness (QED) is 0.558. The number of carbonyl (C=O) groups excluding carboxylic acids is 1. The number of amides is 1. The topological polar surface area (TPSA) is 85.4 Å². The van der Waals surface area contributed by atoms with Crippen LogP contribution in [0.5, 0.6) is 0 Å². The Morgan fingerprint density at radius 2 is 2.06 bits per heavy atom. The molecule has 2 aromatic heterocycles. The fourth-order valence-corrected chi connectivity index (χ4v) is 4.34. The summed E-state index contributed by atoms with van der Waals surface area (Å²) in [5.41, 5.74) is 9.66. The van der Waals surface area contributed by atoms with Crippen molar-refractivity contribution in [1.82, 2.24) is 20.8 Å². The van der Waals surface area contributed by atoms with Gasteiger partial charge in [0.2, 0.25) is 0 Å². The standard InChI is InChI=1S/C23H24ClN7O/c1-15-12-20-22(27-13-15)31(29-28-20)17-8-6-16(7-9-17)23(32)30(18-4-2-10-25-14-18)21-19(24)5-3-11-26-21/h3,5-9,11-13,18,25,28-29H,2,4,10,14H2,1H3/t18-/m1/s1. The van der Waals surface area contributed by atoms with E-state index in [4.69, 9.17) is 11.6 Å². The number of nitrogens with one attached hydrogen (secondary N) is 3. The second-order valence-electron chi connectivity index (χ2n) is 7.99. The number of fused-ring (bicyclic) bond motifs is 1. The van der Waals surface area contributed by atoms with Crippen molar-refractivity contribution in [1.29, 1.82) is 0 Å². The highest BCUT2D eigenvalue weighted by atomic mass is 35.5. The Balaban J connectivity index is 1.43. The number of carbonyl (C=O) groups is 1. The normalized spacial score (nSPS) is 17.6. The number of anilines is 4. The third-order valence-electron chi connectivity index (χ3n) is 5.71. The SMILES string of the molecule is Cc1cnc2c(c1)NNN2c1ccc(C(=O)N(c2ncccc2Cl)[C@@H]2CCCNC2)cc1. The molecule has 1 fully saturated rings. The van der Waals surface area contributed by atoms with Gasteiger partial charge in [0.05, 0.1) is 22.4 Å². The van der Waals surface area contributed by atoms with Gasteiger partial charge in [0.1, 0.15) is 0 Å². The lowest BCUT2D eigenvalue weighted by Gasteiger charge is -2.34. The number of hydrogen-bond donors (Lipinski definition) is 3. The van der Waals surface area contributed by atoms with Crippen molar-refractivity contribution >= 4 is 40.5 Å². The number of benzene rings is 1. The van der Waals surface area contributed by atoms with Crippen molar-refractivity contribution in [3.8, 4) is 0 Å². The van der Waals surface area contributed by atoms with Gasteiger partial charge in [0, 0.05) is 24.5 Å². The molecule has 2 aliphatic heterocycles. The number of hydrazine groups is 2. The van der Waals surface area contributed by atoms with Crippen LogP contribution < -0.4 is 26.2 Å². The van der Waals surface area contributed by atoms with Crippen LogP contribution in [0.1, 0.15) is 28.8 Å². The summed E-state index contributed by atoms with van der Waals surface area (Å²) in [5, 5.41) is 5.69. The van der Waals surface area contributed by atoms with Gasteiger partial charge in [-0.05, 0) is 74.3 Å². The molecular formula is C23H24ClN7O. The molecule has 8 nitrogen and oxygen atoms in total. The zero-order valence-electron chi connectivity index (χ0n) is 17.7. The summed E-state index contributed by atoms with van der Waals surface area (Å²) in [6.45, 7) is 3.66. The summed E-state index contributed by atoms with van der Waals surface area (Å²) in [5.74, 6) is 1.16. The predicted octanol–water partition coefficient (Wildman–Crippen LogP) is 3.82. The van der Waals surface area contributed by atoms with Gasteiger partial charge in [0.25, 0.3) is 5.91 Å². The van der Waals surface area contributed by atoms with E-state index in [1.54, 1.807) is 23.2 Å². The minimum atomic E-state index is -0.118. The Labute approximate surface area is 191 Å². The first kappa shape index (κ1) is 20.7. The largest absolute Gasteiger partial charge is 0.315 e. The van der Waals surface area contributed by atoms with Crippen molar-refractivity contribution in [3.63, 3.8) is 0 Å². The molecule has 1 atom stereocenters. The van der Waals surface area contributed by atoms with Gasteiger partial charge in [-0.25, -0.2) is 15.0 Å². The number of rotatable bonds is 4. The molecule has 9 heteroatoms. The van der Waals surface area contributed by atoms with Crippen LogP contribution in [0.15, 0.2) is 54.9 Å². The molecule has 0 saturated carbocycles. The lowest BCUT2D eigenvalue weighted by atomic mass is 10.0. The van der Waals surface area contributed by atoms with Crippen LogP contribution in [-0.4, -0.2) is 35.0 Å². The van der Waals surface area contributed by atoms with E-state index in [1.807, 2.05) is 48.5 Å². The van der Waals surface area contributed by atoms with Crippen molar-refractivity contribution < 1.29 is 4.79 Å². The summed E-state index contributed by atoms with van der Waals surface area (Å²) in [6, 6.07) is 13.0. The summed E-state index contributed by atoms with van der Waals surface area (Å²) in [6.07, 6.45) is 5.39. The van der Waals surface area contributed by atoms with Crippen LogP contribution in [0.25, 0.3) is 0 Å². The molecule has 2 aliphatic rings. The van der Waals surface area contributed by atoms with Gasteiger partial charge >= 0.3 is 0 Å². The first-order valence-corrected chi connectivity index (χ1v) is 11.0. The van der Waals surface area contributed by atoms with Gasteiger partial charge in [-0.15, -0.1) is 5.53 Å². The molecule has 0 radical (unpaired) electrons. The van der Waals surface area contributed by atoms with E-state index < -0.39 is 0 Å². The van der Waals surface area contributed by atoms with E-state index in [1.165, 1.54) is 0 Å². The molecule has 5 rings (SSSR count). The Morgan fingerprint density at radius 3 is 2.81 bits per heavy atom. The van der Waals surface area contributed by atoms with E-state index in [0.29, 0.717) is 22.9 Å². The second kappa shape index (κ2) is 8.74. The third-order valence-corrected chi connectivity index (χ3v) is 6.01. The minimum absolute atomic E-state index is 0.00732. The molecule has 3 aromatic rings. The molecule has 164 valence electrons. The molecule has 1 amide bonds. The molecular weight excluding hydrogens is 426 g/mol. The molecule has 32 heavy (non-hydrogen) atoms. The Morgan fingerprint density at radius 1 is 1.22 bits per heavy atom. The van der Waals surface area contributed by atoms with Gasteiger partial charge in [-0.3, -0.25) is 15.1 Å². The monoisotopic (exact) mass is 449 g/mol. The average Bonchev–Trinajstić information content (AvgIpc) is 3.24. The molecule has 3 N–H and O–H groups in total. The first-order valence-electron chi connectivity index (χ1n) is 10.6. The zero-order chi connectivity index (χ0) is 22.1. The number of pyridine rings is 2. The maximum absolute atomic E-state index is 13.6. The van der Waals surface area contributed by atoms with Crippen molar-refractivity contribution in [2.75, 3.05) is 28.4 Å². The number of aromatic nitrogens is 2. The highest BCUT2D eigenvalue weighted by molar-refractivity contribution is 6.33.